The average molecular weight is 311 g/mol. The van der Waals surface area contributed by atoms with E-state index in [1.165, 1.54) is 17.1 Å². The minimum Gasteiger partial charge on any atom is -0.492 e. The van der Waals surface area contributed by atoms with Crippen LogP contribution in [0.2, 0.25) is 0 Å². The van der Waals surface area contributed by atoms with Crippen molar-refractivity contribution in [3.63, 3.8) is 0 Å². The van der Waals surface area contributed by atoms with Crippen LogP contribution >= 0.6 is 0 Å². The van der Waals surface area contributed by atoms with E-state index in [4.69, 9.17) is 9.84 Å². The van der Waals surface area contributed by atoms with Gasteiger partial charge in [0.25, 0.3) is 0 Å². The molecule has 0 radical (unpaired) electrons. The van der Waals surface area contributed by atoms with Crippen LogP contribution in [0.5, 0.6) is 5.75 Å². The van der Waals surface area contributed by atoms with Crippen LogP contribution in [0, 0.1) is 0 Å². The molecule has 0 saturated heterocycles. The second kappa shape index (κ2) is 7.21. The van der Waals surface area contributed by atoms with Gasteiger partial charge in [-0.1, -0.05) is 18.2 Å². The summed E-state index contributed by atoms with van der Waals surface area (Å²) in [6.45, 7) is 0.544. The maximum Gasteiger partial charge on any atom is 0.243 e. The molecule has 0 fully saturated rings. The van der Waals surface area contributed by atoms with Crippen LogP contribution in [-0.2, 0) is 16.6 Å². The summed E-state index contributed by atoms with van der Waals surface area (Å²) in [4.78, 5) is 0.0654. The molecule has 0 bridgehead atoms. The lowest BCUT2D eigenvalue weighted by atomic mass is 10.3. The topological polar surface area (TPSA) is 93.5 Å². The summed E-state index contributed by atoms with van der Waals surface area (Å²) in [5.74, 6) is 0.687. The highest BCUT2D eigenvalue weighted by Gasteiger charge is 2.15. The minimum atomic E-state index is -3.61. The molecule has 0 spiro atoms. The molecule has 0 saturated carbocycles. The number of nitrogens with zero attached hydrogens (tertiary/aromatic N) is 2. The number of rotatable bonds is 8. The number of ether oxygens (including phenoxy) is 1. The number of aliphatic hydroxyl groups excluding tert-OH is 1. The molecule has 2 aromatic rings. The number of benzene rings is 1. The second-order valence-electron chi connectivity index (χ2n) is 4.22. The second-order valence-corrected chi connectivity index (χ2v) is 5.99. The van der Waals surface area contributed by atoms with Crippen LogP contribution in [0.1, 0.15) is 0 Å². The number of aromatic nitrogens is 2. The van der Waals surface area contributed by atoms with Crippen LogP contribution in [-0.4, -0.2) is 43.1 Å². The van der Waals surface area contributed by atoms with E-state index >= 15 is 0 Å². The molecule has 0 unspecified atom stereocenters. The molecule has 7 nitrogen and oxygen atoms in total. The van der Waals surface area contributed by atoms with E-state index in [0.29, 0.717) is 5.75 Å². The Morgan fingerprint density at radius 1 is 1.29 bits per heavy atom. The summed E-state index contributed by atoms with van der Waals surface area (Å²) in [5, 5.41) is 12.6. The molecule has 0 aliphatic rings. The molecular weight excluding hydrogens is 294 g/mol. The Morgan fingerprint density at radius 3 is 2.76 bits per heavy atom. The molecule has 1 heterocycles. The fourth-order valence-corrected chi connectivity index (χ4v) is 2.62. The van der Waals surface area contributed by atoms with E-state index in [2.05, 4.69) is 9.82 Å². The number of aliphatic hydroxyl groups is 1. The first-order valence-corrected chi connectivity index (χ1v) is 7.91. The van der Waals surface area contributed by atoms with Crippen LogP contribution < -0.4 is 9.46 Å². The van der Waals surface area contributed by atoms with Crippen molar-refractivity contribution in [1.29, 1.82) is 0 Å². The first kappa shape index (κ1) is 15.5. The maximum absolute atomic E-state index is 12.0. The Balaban J connectivity index is 1.83. The van der Waals surface area contributed by atoms with Crippen molar-refractivity contribution in [3.05, 3.63) is 42.7 Å². The standard InChI is InChI=1S/C13H17N3O4S/c17-8-7-16-11-13(10-14-16)21(18,19)15-6-9-20-12-4-2-1-3-5-12/h1-5,10-11,15,17H,6-9H2. The lowest BCUT2D eigenvalue weighted by Gasteiger charge is -2.07. The highest BCUT2D eigenvalue weighted by molar-refractivity contribution is 7.89. The predicted octanol–water partition coefficient (Wildman–Crippen LogP) is 0.233. The monoisotopic (exact) mass is 311 g/mol. The fraction of sp³-hybridized carbons (Fsp3) is 0.308. The third-order valence-corrected chi connectivity index (χ3v) is 4.07. The Labute approximate surface area is 123 Å². The quantitative estimate of drug-likeness (QED) is 0.681. The summed E-state index contributed by atoms with van der Waals surface area (Å²) < 4.78 is 33.2. The summed E-state index contributed by atoms with van der Waals surface area (Å²) >= 11 is 0. The van der Waals surface area contributed by atoms with Gasteiger partial charge in [0, 0.05) is 12.7 Å². The van der Waals surface area contributed by atoms with E-state index < -0.39 is 10.0 Å². The van der Waals surface area contributed by atoms with Crippen LogP contribution in [0.25, 0.3) is 0 Å². The Hall–Kier alpha value is -1.90. The van der Waals surface area contributed by atoms with E-state index in [9.17, 15) is 8.42 Å². The number of nitrogens with one attached hydrogen (secondary N) is 1. The normalized spacial score (nSPS) is 11.5. The molecule has 0 aliphatic carbocycles. The van der Waals surface area contributed by atoms with Crippen LogP contribution in [0.4, 0.5) is 0 Å². The summed E-state index contributed by atoms with van der Waals surface area (Å²) in [6, 6.07) is 9.16. The predicted molar refractivity (Wildman–Crippen MR) is 76.4 cm³/mol. The van der Waals surface area contributed by atoms with Gasteiger partial charge >= 0.3 is 0 Å². The zero-order valence-electron chi connectivity index (χ0n) is 11.3. The smallest absolute Gasteiger partial charge is 0.243 e. The van der Waals surface area contributed by atoms with Gasteiger partial charge in [0.1, 0.15) is 17.3 Å². The van der Waals surface area contributed by atoms with Gasteiger partial charge in [0.05, 0.1) is 19.3 Å². The molecule has 21 heavy (non-hydrogen) atoms. The van der Waals surface area contributed by atoms with Gasteiger partial charge in [0.15, 0.2) is 0 Å². The van der Waals surface area contributed by atoms with Crippen molar-refractivity contribution >= 4 is 10.0 Å². The molecule has 1 aromatic carbocycles. The molecule has 0 amide bonds. The summed E-state index contributed by atoms with van der Waals surface area (Å²) in [7, 11) is -3.61. The van der Waals surface area contributed by atoms with E-state index in [1.807, 2.05) is 18.2 Å². The van der Waals surface area contributed by atoms with E-state index in [0.717, 1.165) is 0 Å². The molecule has 0 aliphatic heterocycles. The van der Waals surface area contributed by atoms with Gasteiger partial charge in [-0.2, -0.15) is 5.10 Å². The number of hydrogen-bond acceptors (Lipinski definition) is 5. The van der Waals surface area contributed by atoms with Crippen molar-refractivity contribution in [1.82, 2.24) is 14.5 Å². The van der Waals surface area contributed by atoms with Crippen molar-refractivity contribution in [2.75, 3.05) is 19.8 Å². The van der Waals surface area contributed by atoms with Crippen LogP contribution in [0.3, 0.4) is 0 Å². The average Bonchev–Trinajstić information content (AvgIpc) is 2.95. The largest absolute Gasteiger partial charge is 0.492 e. The van der Waals surface area contributed by atoms with Gasteiger partial charge in [-0.15, -0.1) is 0 Å². The molecular formula is C13H17N3O4S. The van der Waals surface area contributed by atoms with Gasteiger partial charge < -0.3 is 9.84 Å². The molecule has 1 aromatic heterocycles. The zero-order chi connectivity index (χ0) is 15.1. The Bertz CT molecular complexity index is 655. The highest BCUT2D eigenvalue weighted by atomic mass is 32.2. The SMILES string of the molecule is O=S(=O)(NCCOc1ccccc1)c1cnn(CCO)c1. The number of sulfonamides is 1. The summed E-state index contributed by atoms with van der Waals surface area (Å²) in [6.07, 6.45) is 2.62. The third-order valence-electron chi connectivity index (χ3n) is 2.66. The highest BCUT2D eigenvalue weighted by Crippen LogP contribution is 2.08. The first-order chi connectivity index (χ1) is 10.1. The maximum atomic E-state index is 12.0. The van der Waals surface area contributed by atoms with Gasteiger partial charge in [-0.25, -0.2) is 13.1 Å². The lowest BCUT2D eigenvalue weighted by Crippen LogP contribution is -2.28. The molecule has 0 atom stereocenters. The minimum absolute atomic E-state index is 0.0654. The fourth-order valence-electron chi connectivity index (χ4n) is 1.65. The lowest BCUT2D eigenvalue weighted by molar-refractivity contribution is 0.269. The number of hydrogen-bond donors (Lipinski definition) is 2. The first-order valence-electron chi connectivity index (χ1n) is 6.42. The van der Waals surface area contributed by atoms with Crippen molar-refractivity contribution in [2.24, 2.45) is 0 Å². The summed E-state index contributed by atoms with van der Waals surface area (Å²) in [5.41, 5.74) is 0. The van der Waals surface area contributed by atoms with Crippen LogP contribution in [0.15, 0.2) is 47.6 Å². The van der Waals surface area contributed by atoms with Gasteiger partial charge in [-0.3, -0.25) is 4.68 Å². The number of para-hydroxylation sites is 1. The zero-order valence-corrected chi connectivity index (χ0v) is 12.2. The van der Waals surface area contributed by atoms with Gasteiger partial charge in [0.2, 0.25) is 10.0 Å². The van der Waals surface area contributed by atoms with Crippen molar-refractivity contribution < 1.29 is 18.3 Å². The molecule has 8 heteroatoms. The Kier molecular flexibility index (Phi) is 5.32. The Morgan fingerprint density at radius 2 is 2.05 bits per heavy atom. The van der Waals surface area contributed by atoms with Gasteiger partial charge in [-0.05, 0) is 12.1 Å². The molecule has 2 N–H and O–H groups in total. The third kappa shape index (κ3) is 4.55. The van der Waals surface area contributed by atoms with E-state index in [-0.39, 0.29) is 31.2 Å². The van der Waals surface area contributed by atoms with Crippen molar-refractivity contribution in [3.8, 4) is 5.75 Å². The van der Waals surface area contributed by atoms with E-state index in [1.54, 1.807) is 12.1 Å². The molecule has 2 rings (SSSR count). The molecule has 114 valence electrons. The van der Waals surface area contributed by atoms with Crippen molar-refractivity contribution in [2.45, 2.75) is 11.4 Å².